The van der Waals surface area contributed by atoms with Gasteiger partial charge in [0.2, 0.25) is 0 Å². The van der Waals surface area contributed by atoms with Crippen LogP contribution in [-0.2, 0) is 11.0 Å². The molecule has 0 saturated heterocycles. The van der Waals surface area contributed by atoms with Gasteiger partial charge in [-0.15, -0.1) is 0 Å². The number of rotatable bonds is 0. The Morgan fingerprint density at radius 1 is 1.42 bits per heavy atom. The van der Waals surface area contributed by atoms with Gasteiger partial charge in [-0.25, -0.2) is 14.2 Å². The summed E-state index contributed by atoms with van der Waals surface area (Å²) in [5.74, 6) is 0. The molecule has 0 aromatic carbocycles. The second-order valence-electron chi connectivity index (χ2n) is 2.13. The van der Waals surface area contributed by atoms with Crippen LogP contribution in [0.3, 0.4) is 0 Å². The molecule has 0 radical (unpaired) electrons. The van der Waals surface area contributed by atoms with Gasteiger partial charge in [0.05, 0.1) is 5.69 Å². The third-order valence-electron chi connectivity index (χ3n) is 1.39. The third-order valence-corrected chi connectivity index (χ3v) is 2.40. The molecular formula is C7H5N3OS. The lowest BCUT2D eigenvalue weighted by Crippen LogP contribution is -1.93. The Bertz CT molecular complexity index is 386. The molecule has 1 aromatic heterocycles. The average molecular weight is 179 g/mol. The molecule has 5 heteroatoms. The summed E-state index contributed by atoms with van der Waals surface area (Å²) >= 11 is 0. The molecule has 0 spiro atoms. The molecule has 0 saturated carbocycles. The first-order chi connectivity index (χ1) is 5.88. The van der Waals surface area contributed by atoms with E-state index in [9.17, 15) is 4.21 Å². The zero-order valence-corrected chi connectivity index (χ0v) is 6.86. The van der Waals surface area contributed by atoms with Crippen molar-refractivity contribution >= 4 is 23.3 Å². The van der Waals surface area contributed by atoms with E-state index in [0.29, 0.717) is 10.6 Å². The van der Waals surface area contributed by atoms with Crippen LogP contribution in [0.25, 0.3) is 6.08 Å². The van der Waals surface area contributed by atoms with E-state index in [0.717, 1.165) is 0 Å². The SMILES string of the molecule is O=S1N=CC=Cc2ncncc21. The lowest BCUT2D eigenvalue weighted by atomic mass is 10.4. The van der Waals surface area contributed by atoms with Crippen LogP contribution in [0.2, 0.25) is 0 Å². The minimum atomic E-state index is -1.35. The highest BCUT2D eigenvalue weighted by atomic mass is 32.2. The van der Waals surface area contributed by atoms with Gasteiger partial charge in [0.1, 0.15) is 11.2 Å². The van der Waals surface area contributed by atoms with Crippen LogP contribution in [-0.4, -0.2) is 20.4 Å². The number of aromatic nitrogens is 2. The summed E-state index contributed by atoms with van der Waals surface area (Å²) in [6.45, 7) is 0. The van der Waals surface area contributed by atoms with Crippen LogP contribution in [0, 0.1) is 0 Å². The summed E-state index contributed by atoms with van der Waals surface area (Å²) in [5.41, 5.74) is 0.667. The van der Waals surface area contributed by atoms with Gasteiger partial charge >= 0.3 is 0 Å². The highest BCUT2D eigenvalue weighted by Gasteiger charge is 2.08. The fourth-order valence-corrected chi connectivity index (χ4v) is 1.61. The maximum absolute atomic E-state index is 11.3. The lowest BCUT2D eigenvalue weighted by molar-refractivity contribution is 0.683. The number of hydrogen-bond acceptors (Lipinski definition) is 3. The Morgan fingerprint density at radius 2 is 2.33 bits per heavy atom. The molecule has 0 amide bonds. The minimum Gasteiger partial charge on any atom is -0.243 e. The zero-order valence-electron chi connectivity index (χ0n) is 6.04. The van der Waals surface area contributed by atoms with Gasteiger partial charge in [0, 0.05) is 12.4 Å². The highest BCUT2D eigenvalue weighted by Crippen LogP contribution is 2.13. The Hall–Kier alpha value is -1.36. The van der Waals surface area contributed by atoms with Gasteiger partial charge in [-0.05, 0) is 12.2 Å². The second-order valence-corrected chi connectivity index (χ2v) is 3.28. The Labute approximate surface area is 71.7 Å². The van der Waals surface area contributed by atoms with Crippen LogP contribution in [0.4, 0.5) is 0 Å². The quantitative estimate of drug-likeness (QED) is 0.586. The third kappa shape index (κ3) is 1.18. The predicted molar refractivity (Wildman–Crippen MR) is 46.0 cm³/mol. The number of allylic oxidation sites excluding steroid dienone is 1. The van der Waals surface area contributed by atoms with Crippen molar-refractivity contribution in [2.24, 2.45) is 4.40 Å². The van der Waals surface area contributed by atoms with E-state index in [2.05, 4.69) is 14.4 Å². The van der Waals surface area contributed by atoms with E-state index in [1.807, 2.05) is 0 Å². The monoisotopic (exact) mass is 179 g/mol. The maximum Gasteiger partial charge on any atom is 0.176 e. The Balaban J connectivity index is 2.64. The van der Waals surface area contributed by atoms with E-state index in [4.69, 9.17) is 0 Å². The largest absolute Gasteiger partial charge is 0.243 e. The summed E-state index contributed by atoms with van der Waals surface area (Å²) in [4.78, 5) is 8.29. The molecule has 2 heterocycles. The molecule has 60 valence electrons. The summed E-state index contributed by atoms with van der Waals surface area (Å²) in [6, 6.07) is 0. The highest BCUT2D eigenvalue weighted by molar-refractivity contribution is 7.84. The average Bonchev–Trinajstić information content (AvgIpc) is 2.29. The molecule has 1 atom stereocenters. The first-order valence-corrected chi connectivity index (χ1v) is 4.41. The van der Waals surface area contributed by atoms with Crippen molar-refractivity contribution in [3.8, 4) is 0 Å². The van der Waals surface area contributed by atoms with E-state index in [-0.39, 0.29) is 0 Å². The van der Waals surface area contributed by atoms with Crippen molar-refractivity contribution in [1.82, 2.24) is 9.97 Å². The molecule has 0 N–H and O–H groups in total. The Morgan fingerprint density at radius 3 is 3.25 bits per heavy atom. The van der Waals surface area contributed by atoms with E-state index in [1.54, 1.807) is 12.2 Å². The van der Waals surface area contributed by atoms with Crippen LogP contribution < -0.4 is 0 Å². The minimum absolute atomic E-state index is 0.558. The van der Waals surface area contributed by atoms with Crippen molar-refractivity contribution in [2.75, 3.05) is 0 Å². The van der Waals surface area contributed by atoms with Crippen LogP contribution in [0.1, 0.15) is 5.69 Å². The van der Waals surface area contributed by atoms with Crippen molar-refractivity contribution < 1.29 is 4.21 Å². The van der Waals surface area contributed by atoms with Gasteiger partial charge < -0.3 is 0 Å². The number of nitrogens with zero attached hydrogens (tertiary/aromatic N) is 3. The van der Waals surface area contributed by atoms with Gasteiger partial charge in [0.15, 0.2) is 11.0 Å². The van der Waals surface area contributed by atoms with Gasteiger partial charge in [-0.2, -0.15) is 4.40 Å². The van der Waals surface area contributed by atoms with Crippen LogP contribution in [0.5, 0.6) is 0 Å². The van der Waals surface area contributed by atoms with Crippen molar-refractivity contribution in [2.45, 2.75) is 4.90 Å². The van der Waals surface area contributed by atoms with E-state index >= 15 is 0 Å². The molecule has 1 aliphatic heterocycles. The molecule has 4 nitrogen and oxygen atoms in total. The fourth-order valence-electron chi connectivity index (χ4n) is 0.867. The van der Waals surface area contributed by atoms with Crippen molar-refractivity contribution in [1.29, 1.82) is 0 Å². The molecular weight excluding hydrogens is 174 g/mol. The summed E-state index contributed by atoms with van der Waals surface area (Å²) in [5, 5.41) is 0. The normalized spacial score (nSPS) is 20.2. The molecule has 1 aromatic rings. The Kier molecular flexibility index (Phi) is 1.79. The van der Waals surface area contributed by atoms with Crippen LogP contribution in [0.15, 0.2) is 27.9 Å². The van der Waals surface area contributed by atoms with E-state index in [1.165, 1.54) is 18.7 Å². The van der Waals surface area contributed by atoms with E-state index < -0.39 is 11.0 Å². The smallest absolute Gasteiger partial charge is 0.176 e. The standard InChI is InChI=1S/C7H5N3OS/c11-12-7-4-8-5-9-6(7)2-1-3-10-12/h1-5H. The summed E-state index contributed by atoms with van der Waals surface area (Å²) in [7, 11) is -1.35. The molecule has 0 aliphatic carbocycles. The second kappa shape index (κ2) is 2.94. The summed E-state index contributed by atoms with van der Waals surface area (Å²) < 4.78 is 15.0. The first kappa shape index (κ1) is 7.30. The van der Waals surface area contributed by atoms with Gasteiger partial charge in [-0.1, -0.05) is 0 Å². The molecule has 1 aliphatic rings. The lowest BCUT2D eigenvalue weighted by Gasteiger charge is -1.96. The van der Waals surface area contributed by atoms with Crippen molar-refractivity contribution in [3.05, 3.63) is 24.3 Å². The topological polar surface area (TPSA) is 55.2 Å². The molecule has 1 unspecified atom stereocenters. The predicted octanol–water partition coefficient (Wildman–Crippen LogP) is 0.597. The number of fused-ring (bicyclic) bond motifs is 1. The van der Waals surface area contributed by atoms with Crippen LogP contribution >= 0.6 is 0 Å². The van der Waals surface area contributed by atoms with Crippen molar-refractivity contribution in [3.63, 3.8) is 0 Å². The summed E-state index contributed by atoms with van der Waals surface area (Å²) in [6.07, 6.45) is 7.90. The molecule has 2 rings (SSSR count). The molecule has 0 bridgehead atoms. The van der Waals surface area contributed by atoms with Gasteiger partial charge in [0.25, 0.3) is 0 Å². The molecule has 12 heavy (non-hydrogen) atoms. The van der Waals surface area contributed by atoms with Gasteiger partial charge in [-0.3, -0.25) is 0 Å². The number of hydrogen-bond donors (Lipinski definition) is 0. The maximum atomic E-state index is 11.3. The fraction of sp³-hybridized carbons (Fsp3) is 0. The first-order valence-electron chi connectivity index (χ1n) is 3.30. The molecule has 0 fully saturated rings. The zero-order chi connectivity index (χ0) is 8.39.